The van der Waals surface area contributed by atoms with Gasteiger partial charge >= 0.3 is 0 Å². The lowest BCUT2D eigenvalue weighted by molar-refractivity contribution is 0.396. The molecule has 1 aliphatic rings. The summed E-state index contributed by atoms with van der Waals surface area (Å²) in [4.78, 5) is 0. The van der Waals surface area contributed by atoms with Crippen molar-refractivity contribution in [2.45, 2.75) is 31.7 Å². The van der Waals surface area contributed by atoms with E-state index in [1.54, 1.807) is 4.68 Å². The Hall–Kier alpha value is -1.03. The molecule has 1 aromatic heterocycles. The van der Waals surface area contributed by atoms with Gasteiger partial charge in [-0.1, -0.05) is 6.42 Å². The van der Waals surface area contributed by atoms with Crippen LogP contribution in [0.5, 0.6) is 0 Å². The molecule has 0 bridgehead atoms. The van der Waals surface area contributed by atoms with Crippen LogP contribution in [0.3, 0.4) is 0 Å². The van der Waals surface area contributed by atoms with Crippen LogP contribution in [0.15, 0.2) is 6.07 Å². The third kappa shape index (κ3) is 2.07. The number of nitrogens with one attached hydrogen (secondary N) is 1. The highest BCUT2D eigenvalue weighted by Gasteiger charge is 2.14. The van der Waals surface area contributed by atoms with Gasteiger partial charge in [0.05, 0.1) is 5.69 Å². The van der Waals surface area contributed by atoms with E-state index in [2.05, 4.69) is 10.4 Å². The van der Waals surface area contributed by atoms with Gasteiger partial charge in [0.1, 0.15) is 5.82 Å². The van der Waals surface area contributed by atoms with Gasteiger partial charge in [0, 0.05) is 25.6 Å². The number of piperidine rings is 1. The number of nitrogen functional groups attached to an aromatic ring is 1. The van der Waals surface area contributed by atoms with Crippen molar-refractivity contribution in [2.24, 2.45) is 7.05 Å². The highest BCUT2D eigenvalue weighted by molar-refractivity contribution is 5.30. The molecule has 2 rings (SSSR count). The highest BCUT2D eigenvalue weighted by Crippen LogP contribution is 2.13. The fraction of sp³-hybridized carbons (Fsp3) is 0.700. The summed E-state index contributed by atoms with van der Waals surface area (Å²) in [6.45, 7) is 1.15. The van der Waals surface area contributed by atoms with Crippen molar-refractivity contribution >= 4 is 5.82 Å². The van der Waals surface area contributed by atoms with Gasteiger partial charge in [-0.15, -0.1) is 0 Å². The van der Waals surface area contributed by atoms with Crippen molar-refractivity contribution < 1.29 is 0 Å². The molecule has 1 aromatic rings. The summed E-state index contributed by atoms with van der Waals surface area (Å²) in [6.07, 6.45) is 4.91. The van der Waals surface area contributed by atoms with Crippen LogP contribution in [0.2, 0.25) is 0 Å². The molecule has 1 aliphatic heterocycles. The number of rotatable bonds is 2. The number of hydrogen-bond donors (Lipinski definition) is 2. The van der Waals surface area contributed by atoms with E-state index in [1.807, 2.05) is 13.1 Å². The SMILES string of the molecule is Cn1nc(CC2CCCCN2)cc1N. The van der Waals surface area contributed by atoms with Crippen molar-refractivity contribution in [1.82, 2.24) is 15.1 Å². The zero-order valence-electron chi connectivity index (χ0n) is 8.66. The monoisotopic (exact) mass is 194 g/mol. The van der Waals surface area contributed by atoms with Gasteiger partial charge in [0.15, 0.2) is 0 Å². The van der Waals surface area contributed by atoms with Gasteiger partial charge < -0.3 is 11.1 Å². The molecule has 0 saturated carbocycles. The van der Waals surface area contributed by atoms with Gasteiger partial charge in [0.2, 0.25) is 0 Å². The number of aryl methyl sites for hydroxylation is 1. The van der Waals surface area contributed by atoms with Gasteiger partial charge in [-0.2, -0.15) is 5.10 Å². The van der Waals surface area contributed by atoms with E-state index in [4.69, 9.17) is 5.73 Å². The second-order valence-corrected chi connectivity index (χ2v) is 4.04. The van der Waals surface area contributed by atoms with Crippen LogP contribution in [0.1, 0.15) is 25.0 Å². The molecule has 1 atom stereocenters. The minimum absolute atomic E-state index is 0.595. The smallest absolute Gasteiger partial charge is 0.121 e. The molecular formula is C10H18N4. The minimum Gasteiger partial charge on any atom is -0.384 e. The van der Waals surface area contributed by atoms with E-state index in [-0.39, 0.29) is 0 Å². The molecule has 4 nitrogen and oxygen atoms in total. The van der Waals surface area contributed by atoms with Crippen LogP contribution < -0.4 is 11.1 Å². The molecular weight excluding hydrogens is 176 g/mol. The van der Waals surface area contributed by atoms with Crippen LogP contribution in [0, 0.1) is 0 Å². The first-order valence-electron chi connectivity index (χ1n) is 5.27. The molecule has 2 heterocycles. The topological polar surface area (TPSA) is 55.9 Å². The summed E-state index contributed by atoms with van der Waals surface area (Å²) in [5.41, 5.74) is 6.83. The lowest BCUT2D eigenvalue weighted by Crippen LogP contribution is -2.35. The Balaban J connectivity index is 1.95. The molecule has 78 valence electrons. The van der Waals surface area contributed by atoms with Gasteiger partial charge in [-0.25, -0.2) is 0 Å². The molecule has 0 amide bonds. The summed E-state index contributed by atoms with van der Waals surface area (Å²) in [5.74, 6) is 0.746. The second kappa shape index (κ2) is 4.00. The fourth-order valence-corrected chi connectivity index (χ4v) is 1.99. The summed E-state index contributed by atoms with van der Waals surface area (Å²) in [5, 5.41) is 7.86. The lowest BCUT2D eigenvalue weighted by atomic mass is 10.0. The number of aromatic nitrogens is 2. The molecule has 0 radical (unpaired) electrons. The zero-order valence-corrected chi connectivity index (χ0v) is 8.66. The molecule has 1 saturated heterocycles. The van der Waals surface area contributed by atoms with Gasteiger partial charge in [-0.3, -0.25) is 4.68 Å². The van der Waals surface area contributed by atoms with E-state index in [9.17, 15) is 0 Å². The maximum atomic E-state index is 5.73. The molecule has 0 aromatic carbocycles. The van der Waals surface area contributed by atoms with Crippen LogP contribution >= 0.6 is 0 Å². The molecule has 1 unspecified atom stereocenters. The Kier molecular flexibility index (Phi) is 2.72. The fourth-order valence-electron chi connectivity index (χ4n) is 1.99. The zero-order chi connectivity index (χ0) is 9.97. The summed E-state index contributed by atoms with van der Waals surface area (Å²) >= 11 is 0. The largest absolute Gasteiger partial charge is 0.384 e. The normalized spacial score (nSPS) is 22.5. The molecule has 3 N–H and O–H groups in total. The molecule has 14 heavy (non-hydrogen) atoms. The van der Waals surface area contributed by atoms with Gasteiger partial charge in [0.25, 0.3) is 0 Å². The quantitative estimate of drug-likeness (QED) is 0.728. The minimum atomic E-state index is 0.595. The predicted octanol–water partition coefficient (Wildman–Crippen LogP) is 0.687. The van der Waals surface area contributed by atoms with Crippen LogP contribution in [0.4, 0.5) is 5.82 Å². The Morgan fingerprint density at radius 2 is 2.50 bits per heavy atom. The number of nitrogens with two attached hydrogens (primary N) is 1. The molecule has 0 spiro atoms. The van der Waals surface area contributed by atoms with E-state index < -0.39 is 0 Å². The van der Waals surface area contributed by atoms with Crippen LogP contribution in [-0.4, -0.2) is 22.4 Å². The highest BCUT2D eigenvalue weighted by atomic mass is 15.3. The third-order valence-electron chi connectivity index (χ3n) is 2.83. The van der Waals surface area contributed by atoms with Crippen molar-refractivity contribution in [1.29, 1.82) is 0 Å². The first-order chi connectivity index (χ1) is 6.75. The Bertz CT molecular complexity index is 280. The number of anilines is 1. The van der Waals surface area contributed by atoms with E-state index >= 15 is 0 Å². The Labute approximate surface area is 84.5 Å². The first-order valence-corrected chi connectivity index (χ1v) is 5.27. The first kappa shape index (κ1) is 9.52. The molecule has 0 aliphatic carbocycles. The number of nitrogens with zero attached hydrogens (tertiary/aromatic N) is 2. The van der Waals surface area contributed by atoms with E-state index in [0.29, 0.717) is 6.04 Å². The summed E-state index contributed by atoms with van der Waals surface area (Å²) < 4.78 is 1.73. The second-order valence-electron chi connectivity index (χ2n) is 4.04. The van der Waals surface area contributed by atoms with Crippen molar-refractivity contribution in [3.05, 3.63) is 11.8 Å². The predicted molar refractivity (Wildman–Crippen MR) is 57.0 cm³/mol. The average molecular weight is 194 g/mol. The van der Waals surface area contributed by atoms with E-state index in [1.165, 1.54) is 19.3 Å². The van der Waals surface area contributed by atoms with Crippen LogP contribution in [-0.2, 0) is 13.5 Å². The van der Waals surface area contributed by atoms with Crippen molar-refractivity contribution in [3.8, 4) is 0 Å². The maximum Gasteiger partial charge on any atom is 0.121 e. The van der Waals surface area contributed by atoms with Crippen molar-refractivity contribution in [2.75, 3.05) is 12.3 Å². The molecule has 1 fully saturated rings. The number of hydrogen-bond acceptors (Lipinski definition) is 3. The standard InChI is InChI=1S/C10H18N4/c1-14-10(11)7-9(13-14)6-8-4-2-3-5-12-8/h7-8,12H,2-6,11H2,1H3. The van der Waals surface area contributed by atoms with E-state index in [0.717, 1.165) is 24.5 Å². The summed E-state index contributed by atoms with van der Waals surface area (Å²) in [7, 11) is 1.88. The van der Waals surface area contributed by atoms with Crippen LogP contribution in [0.25, 0.3) is 0 Å². The Morgan fingerprint density at radius 1 is 1.64 bits per heavy atom. The summed E-state index contributed by atoms with van der Waals surface area (Å²) in [6, 6.07) is 2.56. The van der Waals surface area contributed by atoms with Gasteiger partial charge in [-0.05, 0) is 19.4 Å². The Morgan fingerprint density at radius 3 is 3.07 bits per heavy atom. The third-order valence-corrected chi connectivity index (χ3v) is 2.83. The van der Waals surface area contributed by atoms with Crippen molar-refractivity contribution in [3.63, 3.8) is 0 Å². The average Bonchev–Trinajstić information content (AvgIpc) is 2.47. The molecule has 4 heteroatoms. The lowest BCUT2D eigenvalue weighted by Gasteiger charge is -2.22. The maximum absolute atomic E-state index is 5.73.